The molecule has 0 bridgehead atoms. The number of halogens is 1. The number of nitrogens with one attached hydrogen (secondary N) is 1. The molecule has 1 unspecified atom stereocenters. The lowest BCUT2D eigenvalue weighted by Gasteiger charge is -2.20. The van der Waals surface area contributed by atoms with Gasteiger partial charge >= 0.3 is 0 Å². The standard InChI is InChI=1S/C15H18ClNS/c1-9-6-5-7-10(2)13(9)14(17-4)12-8-11(3)15(16)18-12/h5-8,14,17H,1-4H3. The summed E-state index contributed by atoms with van der Waals surface area (Å²) < 4.78 is 0.886. The largest absolute Gasteiger partial charge is 0.309 e. The van der Waals surface area contributed by atoms with Crippen LogP contribution in [0.3, 0.4) is 0 Å². The normalized spacial score (nSPS) is 12.7. The van der Waals surface area contributed by atoms with Crippen LogP contribution in [0.5, 0.6) is 0 Å². The monoisotopic (exact) mass is 279 g/mol. The Labute approximate surface area is 118 Å². The number of hydrogen-bond donors (Lipinski definition) is 1. The topological polar surface area (TPSA) is 12.0 Å². The summed E-state index contributed by atoms with van der Waals surface area (Å²) in [7, 11) is 2.00. The molecule has 1 heterocycles. The third-order valence-electron chi connectivity index (χ3n) is 3.28. The SMILES string of the molecule is CNC(c1cc(C)c(Cl)s1)c1c(C)cccc1C. The van der Waals surface area contributed by atoms with Crippen molar-refractivity contribution in [2.24, 2.45) is 0 Å². The Morgan fingerprint density at radius 2 is 1.72 bits per heavy atom. The predicted molar refractivity (Wildman–Crippen MR) is 80.9 cm³/mol. The van der Waals surface area contributed by atoms with E-state index in [0.717, 1.165) is 9.90 Å². The minimum Gasteiger partial charge on any atom is -0.309 e. The van der Waals surface area contributed by atoms with Crippen molar-refractivity contribution in [1.29, 1.82) is 0 Å². The zero-order chi connectivity index (χ0) is 13.3. The van der Waals surface area contributed by atoms with E-state index in [4.69, 9.17) is 11.6 Å². The summed E-state index contributed by atoms with van der Waals surface area (Å²) in [6.45, 7) is 6.38. The molecule has 0 saturated carbocycles. The molecule has 96 valence electrons. The van der Waals surface area contributed by atoms with Crippen LogP contribution in [0.1, 0.15) is 33.2 Å². The van der Waals surface area contributed by atoms with Crippen molar-refractivity contribution in [3.05, 3.63) is 55.7 Å². The van der Waals surface area contributed by atoms with Gasteiger partial charge in [-0.25, -0.2) is 0 Å². The Hall–Kier alpha value is -0.830. The third-order valence-corrected chi connectivity index (χ3v) is 4.90. The molecule has 1 aromatic heterocycles. The summed E-state index contributed by atoms with van der Waals surface area (Å²) in [6.07, 6.45) is 0. The van der Waals surface area contributed by atoms with Crippen molar-refractivity contribution in [2.45, 2.75) is 26.8 Å². The highest BCUT2D eigenvalue weighted by Gasteiger charge is 2.19. The zero-order valence-corrected chi connectivity index (χ0v) is 12.7. The number of hydrogen-bond acceptors (Lipinski definition) is 2. The third kappa shape index (κ3) is 2.46. The number of benzene rings is 1. The molecule has 18 heavy (non-hydrogen) atoms. The smallest absolute Gasteiger partial charge is 0.0961 e. The molecule has 0 saturated heterocycles. The molecule has 0 radical (unpaired) electrons. The molecule has 0 aliphatic heterocycles. The van der Waals surface area contributed by atoms with Gasteiger partial charge in [0.1, 0.15) is 0 Å². The summed E-state index contributed by atoms with van der Waals surface area (Å²) in [6, 6.07) is 8.83. The number of thiophene rings is 1. The van der Waals surface area contributed by atoms with Gasteiger partial charge < -0.3 is 5.32 Å². The Kier molecular flexibility index (Phi) is 4.10. The van der Waals surface area contributed by atoms with Crippen molar-refractivity contribution in [1.82, 2.24) is 5.32 Å². The van der Waals surface area contributed by atoms with Gasteiger partial charge in [0.05, 0.1) is 10.4 Å². The van der Waals surface area contributed by atoms with Gasteiger partial charge in [0, 0.05) is 4.88 Å². The maximum Gasteiger partial charge on any atom is 0.0961 e. The molecule has 0 fully saturated rings. The summed E-state index contributed by atoms with van der Waals surface area (Å²) in [4.78, 5) is 1.28. The van der Waals surface area contributed by atoms with E-state index in [-0.39, 0.29) is 6.04 Å². The van der Waals surface area contributed by atoms with Crippen molar-refractivity contribution in [3.8, 4) is 0 Å². The Bertz CT molecular complexity index is 520. The van der Waals surface area contributed by atoms with E-state index in [1.165, 1.54) is 21.6 Å². The van der Waals surface area contributed by atoms with Gasteiger partial charge in [0.15, 0.2) is 0 Å². The van der Waals surface area contributed by atoms with Gasteiger partial charge in [-0.05, 0) is 56.1 Å². The molecule has 0 spiro atoms. The van der Waals surface area contributed by atoms with Crippen LogP contribution >= 0.6 is 22.9 Å². The molecule has 1 atom stereocenters. The van der Waals surface area contributed by atoms with E-state index in [9.17, 15) is 0 Å². The Morgan fingerprint density at radius 3 is 2.17 bits per heavy atom. The van der Waals surface area contributed by atoms with Crippen LogP contribution in [-0.2, 0) is 0 Å². The molecule has 0 aliphatic carbocycles. The summed E-state index contributed by atoms with van der Waals surface area (Å²) >= 11 is 7.85. The Morgan fingerprint density at radius 1 is 1.11 bits per heavy atom. The van der Waals surface area contributed by atoms with Gasteiger partial charge in [0.2, 0.25) is 0 Å². The molecule has 3 heteroatoms. The second kappa shape index (κ2) is 5.43. The average Bonchev–Trinajstić information content (AvgIpc) is 2.64. The molecule has 2 rings (SSSR count). The van der Waals surface area contributed by atoms with Crippen LogP contribution in [-0.4, -0.2) is 7.05 Å². The first-order valence-electron chi connectivity index (χ1n) is 6.03. The fourth-order valence-electron chi connectivity index (χ4n) is 2.34. The minimum atomic E-state index is 0.224. The van der Waals surface area contributed by atoms with Gasteiger partial charge in [-0.2, -0.15) is 0 Å². The lowest BCUT2D eigenvalue weighted by atomic mass is 9.95. The fourth-order valence-corrected chi connectivity index (χ4v) is 3.68. The van der Waals surface area contributed by atoms with Crippen LogP contribution in [0.4, 0.5) is 0 Å². The van der Waals surface area contributed by atoms with E-state index in [1.54, 1.807) is 11.3 Å². The maximum absolute atomic E-state index is 6.19. The highest BCUT2D eigenvalue weighted by atomic mass is 35.5. The van der Waals surface area contributed by atoms with Crippen molar-refractivity contribution < 1.29 is 0 Å². The quantitative estimate of drug-likeness (QED) is 0.863. The van der Waals surface area contributed by atoms with E-state index < -0.39 is 0 Å². The summed E-state index contributed by atoms with van der Waals surface area (Å²) in [5.41, 5.74) is 5.15. The maximum atomic E-state index is 6.19. The highest BCUT2D eigenvalue weighted by molar-refractivity contribution is 7.16. The van der Waals surface area contributed by atoms with Crippen LogP contribution in [0.25, 0.3) is 0 Å². The van der Waals surface area contributed by atoms with Crippen LogP contribution in [0.2, 0.25) is 4.34 Å². The van der Waals surface area contributed by atoms with Crippen molar-refractivity contribution in [2.75, 3.05) is 7.05 Å². The molecule has 1 nitrogen and oxygen atoms in total. The molecule has 1 aromatic carbocycles. The summed E-state index contributed by atoms with van der Waals surface area (Å²) in [5, 5.41) is 3.41. The molecule has 2 aromatic rings. The van der Waals surface area contributed by atoms with Crippen LogP contribution < -0.4 is 5.32 Å². The van der Waals surface area contributed by atoms with Gasteiger partial charge in [-0.3, -0.25) is 0 Å². The van der Waals surface area contributed by atoms with Crippen LogP contribution in [0.15, 0.2) is 24.3 Å². The first-order valence-corrected chi connectivity index (χ1v) is 7.23. The van der Waals surface area contributed by atoms with Crippen LogP contribution in [0, 0.1) is 20.8 Å². The van der Waals surface area contributed by atoms with Crippen molar-refractivity contribution >= 4 is 22.9 Å². The lowest BCUT2D eigenvalue weighted by molar-refractivity contribution is 0.694. The fraction of sp³-hybridized carbons (Fsp3) is 0.333. The molecule has 1 N–H and O–H groups in total. The van der Waals surface area contributed by atoms with E-state index in [1.807, 2.05) is 7.05 Å². The molecular weight excluding hydrogens is 262 g/mol. The van der Waals surface area contributed by atoms with Crippen molar-refractivity contribution in [3.63, 3.8) is 0 Å². The molecule has 0 aliphatic rings. The van der Waals surface area contributed by atoms with Gasteiger partial charge in [0.25, 0.3) is 0 Å². The number of aryl methyl sites for hydroxylation is 3. The lowest BCUT2D eigenvalue weighted by Crippen LogP contribution is -2.18. The predicted octanol–water partition coefficient (Wildman–Crippen LogP) is 4.64. The van der Waals surface area contributed by atoms with Gasteiger partial charge in [-0.15, -0.1) is 11.3 Å². The first kappa shape index (κ1) is 13.6. The second-order valence-electron chi connectivity index (χ2n) is 4.63. The zero-order valence-electron chi connectivity index (χ0n) is 11.2. The number of rotatable bonds is 3. The second-order valence-corrected chi connectivity index (χ2v) is 6.32. The molecular formula is C15H18ClNS. The summed E-state index contributed by atoms with van der Waals surface area (Å²) in [5.74, 6) is 0. The van der Waals surface area contributed by atoms with E-state index in [0.29, 0.717) is 0 Å². The average molecular weight is 280 g/mol. The van der Waals surface area contributed by atoms with E-state index in [2.05, 4.69) is 50.4 Å². The van der Waals surface area contributed by atoms with E-state index >= 15 is 0 Å². The first-order chi connectivity index (χ1) is 8.54. The minimum absolute atomic E-state index is 0.224. The highest BCUT2D eigenvalue weighted by Crippen LogP contribution is 2.35. The Balaban J connectivity index is 2.52. The van der Waals surface area contributed by atoms with Gasteiger partial charge in [-0.1, -0.05) is 29.8 Å². The molecule has 0 amide bonds.